The zero-order valence-electron chi connectivity index (χ0n) is 10.2. The second kappa shape index (κ2) is 6.04. The van der Waals surface area contributed by atoms with E-state index < -0.39 is 9.84 Å². The van der Waals surface area contributed by atoms with E-state index in [0.29, 0.717) is 24.8 Å². The number of nitrogens with zero attached hydrogens (tertiary/aromatic N) is 1. The minimum absolute atomic E-state index is 0.000508. The van der Waals surface area contributed by atoms with Crippen LogP contribution in [0.5, 0.6) is 0 Å². The van der Waals surface area contributed by atoms with Crippen LogP contribution in [-0.2, 0) is 14.6 Å². The molecule has 3 N–H and O–H groups in total. The van der Waals surface area contributed by atoms with Crippen molar-refractivity contribution < 1.29 is 13.2 Å². The fraction of sp³-hybridized carbons (Fsp3) is 0.500. The quantitative estimate of drug-likeness (QED) is 0.758. The number of nitrogens with two attached hydrogens (primary N) is 1. The van der Waals surface area contributed by atoms with Gasteiger partial charge in [0.2, 0.25) is 0 Å². The van der Waals surface area contributed by atoms with Gasteiger partial charge < -0.3 is 15.8 Å². The lowest BCUT2D eigenvalue weighted by Gasteiger charge is -2.06. The topological polar surface area (TPSA) is 105 Å². The molecule has 1 aromatic rings. The van der Waals surface area contributed by atoms with E-state index in [0.717, 1.165) is 17.6 Å². The van der Waals surface area contributed by atoms with Crippen LogP contribution in [0.15, 0.2) is 4.90 Å². The first-order valence-electron chi connectivity index (χ1n) is 5.25. The lowest BCUT2D eigenvalue weighted by molar-refractivity contribution is 0.158. The largest absolute Gasteiger partial charge is 0.396 e. The average molecular weight is 289 g/mol. The zero-order chi connectivity index (χ0) is 13.8. The third-order valence-corrected chi connectivity index (χ3v) is 4.47. The Morgan fingerprint density at radius 1 is 1.56 bits per heavy atom. The average Bonchev–Trinajstić information content (AvgIpc) is 2.60. The minimum Gasteiger partial charge on any atom is -0.396 e. The Bertz CT molecular complexity index is 558. The van der Waals surface area contributed by atoms with E-state index >= 15 is 0 Å². The van der Waals surface area contributed by atoms with Crippen molar-refractivity contribution in [3.05, 3.63) is 4.88 Å². The molecule has 0 aromatic carbocycles. The maximum atomic E-state index is 11.6. The monoisotopic (exact) mass is 289 g/mol. The van der Waals surface area contributed by atoms with E-state index in [-0.39, 0.29) is 15.5 Å². The maximum absolute atomic E-state index is 11.6. The molecule has 0 bridgehead atoms. The van der Waals surface area contributed by atoms with Crippen LogP contribution in [0.3, 0.4) is 0 Å². The summed E-state index contributed by atoms with van der Waals surface area (Å²) >= 11 is 1.04. The van der Waals surface area contributed by atoms with Crippen molar-refractivity contribution >= 4 is 31.9 Å². The van der Waals surface area contributed by atoms with Crippen LogP contribution in [0, 0.1) is 11.3 Å². The third-order valence-electron chi connectivity index (χ3n) is 2.11. The minimum atomic E-state index is -3.47. The van der Waals surface area contributed by atoms with Crippen LogP contribution in [0.25, 0.3) is 0 Å². The summed E-state index contributed by atoms with van der Waals surface area (Å²) in [5.41, 5.74) is 5.69. The molecule has 0 atom stereocenters. The fourth-order valence-corrected chi connectivity index (χ4v) is 3.77. The van der Waals surface area contributed by atoms with Gasteiger partial charge in [-0.15, -0.1) is 11.3 Å². The summed E-state index contributed by atoms with van der Waals surface area (Å²) in [6, 6.07) is 1.89. The number of ether oxygens (including phenoxy) is 1. The van der Waals surface area contributed by atoms with Crippen molar-refractivity contribution in [2.45, 2.75) is 11.8 Å². The Morgan fingerprint density at radius 2 is 2.22 bits per heavy atom. The Hall–Kier alpha value is -1.30. The maximum Gasteiger partial charge on any atom is 0.180 e. The molecule has 0 saturated carbocycles. The summed E-state index contributed by atoms with van der Waals surface area (Å²) in [7, 11) is -3.47. The van der Waals surface area contributed by atoms with Gasteiger partial charge in [0, 0.05) is 19.4 Å². The summed E-state index contributed by atoms with van der Waals surface area (Å²) in [6.07, 6.45) is 1.07. The number of nitrogen functional groups attached to an aromatic ring is 1. The van der Waals surface area contributed by atoms with Crippen LogP contribution >= 0.6 is 11.3 Å². The fourth-order valence-electron chi connectivity index (χ4n) is 1.38. The van der Waals surface area contributed by atoms with Gasteiger partial charge in [0.05, 0.1) is 12.3 Å². The number of anilines is 2. The zero-order valence-corrected chi connectivity index (χ0v) is 11.8. The molecule has 18 heavy (non-hydrogen) atoms. The molecule has 0 aliphatic heterocycles. The predicted molar refractivity (Wildman–Crippen MR) is 71.5 cm³/mol. The number of nitriles is 1. The van der Waals surface area contributed by atoms with E-state index in [1.165, 1.54) is 0 Å². The molecule has 0 spiro atoms. The molecule has 0 fully saturated rings. The van der Waals surface area contributed by atoms with Gasteiger partial charge in [0.25, 0.3) is 0 Å². The normalized spacial score (nSPS) is 11.2. The summed E-state index contributed by atoms with van der Waals surface area (Å²) in [4.78, 5) is 0.204. The van der Waals surface area contributed by atoms with E-state index in [4.69, 9.17) is 15.7 Å². The molecule has 8 heteroatoms. The number of sulfone groups is 1. The summed E-state index contributed by atoms with van der Waals surface area (Å²) in [5.74, 6) is 0. The van der Waals surface area contributed by atoms with Crippen LogP contribution < -0.4 is 11.1 Å². The van der Waals surface area contributed by atoms with Gasteiger partial charge in [-0.25, -0.2) is 8.42 Å². The highest BCUT2D eigenvalue weighted by atomic mass is 32.2. The Morgan fingerprint density at radius 3 is 2.72 bits per heavy atom. The molecule has 0 radical (unpaired) electrons. The van der Waals surface area contributed by atoms with Crippen molar-refractivity contribution in [3.8, 4) is 6.07 Å². The predicted octanol–water partition coefficient (Wildman–Crippen LogP) is 1.05. The molecule has 0 aliphatic rings. The van der Waals surface area contributed by atoms with Crippen LogP contribution in [0.2, 0.25) is 0 Å². The molecule has 1 rings (SSSR count). The molecule has 0 aliphatic carbocycles. The van der Waals surface area contributed by atoms with Gasteiger partial charge in [-0.1, -0.05) is 0 Å². The third kappa shape index (κ3) is 3.35. The Balaban J connectivity index is 3.01. The molecular formula is C10H15N3O3S2. The number of hydrogen-bond acceptors (Lipinski definition) is 7. The number of nitrogens with one attached hydrogen (secondary N) is 1. The molecule has 100 valence electrons. The van der Waals surface area contributed by atoms with Crippen LogP contribution in [-0.4, -0.2) is 34.4 Å². The smallest absolute Gasteiger partial charge is 0.180 e. The first-order valence-corrected chi connectivity index (χ1v) is 7.96. The highest BCUT2D eigenvalue weighted by Crippen LogP contribution is 2.38. The lowest BCUT2D eigenvalue weighted by atomic mass is 10.4. The molecular weight excluding hydrogens is 274 g/mol. The van der Waals surface area contributed by atoms with Crippen LogP contribution in [0.1, 0.15) is 11.8 Å². The van der Waals surface area contributed by atoms with Crippen LogP contribution in [0.4, 0.5) is 10.7 Å². The van der Waals surface area contributed by atoms with Gasteiger partial charge in [-0.05, 0) is 6.92 Å². The summed E-state index contributed by atoms with van der Waals surface area (Å²) in [6.45, 7) is 3.38. The molecule has 0 saturated heterocycles. The lowest BCUT2D eigenvalue weighted by Crippen LogP contribution is -2.11. The van der Waals surface area contributed by atoms with Gasteiger partial charge in [-0.3, -0.25) is 0 Å². The van der Waals surface area contributed by atoms with E-state index in [1.807, 2.05) is 13.0 Å². The molecule has 6 nitrogen and oxygen atoms in total. The first kappa shape index (κ1) is 14.8. The van der Waals surface area contributed by atoms with Gasteiger partial charge in [0.1, 0.15) is 20.8 Å². The van der Waals surface area contributed by atoms with E-state index in [9.17, 15) is 8.42 Å². The standard InChI is InChI=1S/C10H15N3O3S2/c1-3-16-5-4-13-10-9(18(2,14)15)8(12)7(6-11)17-10/h13H,3-5,12H2,1-2H3. The number of hydrogen-bond donors (Lipinski definition) is 2. The highest BCUT2D eigenvalue weighted by molar-refractivity contribution is 7.91. The molecule has 0 unspecified atom stereocenters. The van der Waals surface area contributed by atoms with Gasteiger partial charge in [0.15, 0.2) is 9.84 Å². The van der Waals surface area contributed by atoms with Crippen molar-refractivity contribution in [2.24, 2.45) is 0 Å². The number of thiophene rings is 1. The van der Waals surface area contributed by atoms with Crippen molar-refractivity contribution in [1.29, 1.82) is 5.26 Å². The van der Waals surface area contributed by atoms with Crippen molar-refractivity contribution in [3.63, 3.8) is 0 Å². The molecule has 0 amide bonds. The Labute approximate surface area is 110 Å². The Kier molecular flexibility index (Phi) is 4.95. The van der Waals surface area contributed by atoms with Gasteiger partial charge >= 0.3 is 0 Å². The first-order chi connectivity index (χ1) is 8.41. The van der Waals surface area contributed by atoms with E-state index in [1.54, 1.807) is 0 Å². The summed E-state index contributed by atoms with van der Waals surface area (Å²) < 4.78 is 28.4. The second-order valence-corrected chi connectivity index (χ2v) is 6.48. The van der Waals surface area contributed by atoms with Gasteiger partial charge in [-0.2, -0.15) is 5.26 Å². The highest BCUT2D eigenvalue weighted by Gasteiger charge is 2.23. The summed E-state index contributed by atoms with van der Waals surface area (Å²) in [5, 5.41) is 12.2. The van der Waals surface area contributed by atoms with Crippen molar-refractivity contribution in [2.75, 3.05) is 37.1 Å². The molecule has 1 aromatic heterocycles. The van der Waals surface area contributed by atoms with Crippen molar-refractivity contribution in [1.82, 2.24) is 0 Å². The SMILES string of the molecule is CCOCCNc1sc(C#N)c(N)c1S(C)(=O)=O. The number of rotatable bonds is 6. The molecule has 1 heterocycles. The van der Waals surface area contributed by atoms with E-state index in [2.05, 4.69) is 5.32 Å². The second-order valence-electron chi connectivity index (χ2n) is 3.51.